The Bertz CT molecular complexity index is 142. The topological polar surface area (TPSA) is 0 Å². The molecule has 0 aromatic carbocycles. The predicted molar refractivity (Wildman–Crippen MR) is 61.9 cm³/mol. The van der Waals surface area contributed by atoms with Gasteiger partial charge in [0.25, 0.3) is 0 Å². The van der Waals surface area contributed by atoms with Crippen LogP contribution in [0.3, 0.4) is 0 Å². The van der Waals surface area contributed by atoms with E-state index in [-0.39, 0.29) is 0 Å². The number of unbranched alkanes of at least 4 members (excludes halogenated alkanes) is 2. The van der Waals surface area contributed by atoms with Crippen LogP contribution in [0.1, 0.15) is 52.9 Å². The van der Waals surface area contributed by atoms with Crippen LogP contribution in [0.2, 0.25) is 0 Å². The van der Waals surface area contributed by atoms with Crippen LogP contribution in [-0.4, -0.2) is 0 Å². The highest BCUT2D eigenvalue weighted by Crippen LogP contribution is 2.08. The van der Waals surface area contributed by atoms with Crippen LogP contribution < -0.4 is 0 Å². The van der Waals surface area contributed by atoms with Gasteiger partial charge in [-0.3, -0.25) is 0 Å². The summed E-state index contributed by atoms with van der Waals surface area (Å²) < 4.78 is 0. The standard InChI is InChI=1S/C13H24/c1-4-6-8-9-10-12-13(3)11-7-5-2/h8-10,12-13H,4-7,11H2,1-3H3/b9-8+,12-10+. The minimum absolute atomic E-state index is 0.742. The van der Waals surface area contributed by atoms with E-state index in [4.69, 9.17) is 0 Å². The molecule has 0 aliphatic heterocycles. The number of allylic oxidation sites excluding steroid dienone is 4. The van der Waals surface area contributed by atoms with Crippen molar-refractivity contribution < 1.29 is 0 Å². The number of hydrogen-bond donors (Lipinski definition) is 0. The smallest absolute Gasteiger partial charge is 0.0259 e. The lowest BCUT2D eigenvalue weighted by atomic mass is 10.0. The fourth-order valence-electron chi connectivity index (χ4n) is 1.22. The molecule has 0 nitrogen and oxygen atoms in total. The molecule has 0 N–H and O–H groups in total. The highest BCUT2D eigenvalue weighted by atomic mass is 14.0. The first-order chi connectivity index (χ1) is 6.31. The van der Waals surface area contributed by atoms with E-state index in [2.05, 4.69) is 45.1 Å². The second-order valence-corrected chi connectivity index (χ2v) is 3.72. The fourth-order valence-corrected chi connectivity index (χ4v) is 1.22. The van der Waals surface area contributed by atoms with Crippen LogP contribution in [0.4, 0.5) is 0 Å². The van der Waals surface area contributed by atoms with E-state index in [0.717, 1.165) is 5.92 Å². The van der Waals surface area contributed by atoms with Crippen molar-refractivity contribution >= 4 is 0 Å². The van der Waals surface area contributed by atoms with Crippen LogP contribution in [0.25, 0.3) is 0 Å². The first-order valence-corrected chi connectivity index (χ1v) is 5.64. The highest BCUT2D eigenvalue weighted by molar-refractivity contribution is 5.03. The molecule has 0 bridgehead atoms. The highest BCUT2D eigenvalue weighted by Gasteiger charge is 1.93. The van der Waals surface area contributed by atoms with Crippen molar-refractivity contribution in [3.05, 3.63) is 24.3 Å². The molecule has 76 valence electrons. The second kappa shape index (κ2) is 9.57. The molecule has 13 heavy (non-hydrogen) atoms. The molecule has 0 saturated carbocycles. The molecule has 0 heterocycles. The Morgan fingerprint density at radius 1 is 1.08 bits per heavy atom. The van der Waals surface area contributed by atoms with Crippen molar-refractivity contribution in [2.24, 2.45) is 5.92 Å². The van der Waals surface area contributed by atoms with Gasteiger partial charge in [-0.15, -0.1) is 0 Å². The Morgan fingerprint density at radius 3 is 2.46 bits per heavy atom. The van der Waals surface area contributed by atoms with E-state index in [1.165, 1.54) is 32.1 Å². The SMILES string of the molecule is CCC/C=C/C=C/C(C)CCCC. The fraction of sp³-hybridized carbons (Fsp3) is 0.692. The molecule has 1 unspecified atom stereocenters. The molecule has 0 radical (unpaired) electrons. The summed E-state index contributed by atoms with van der Waals surface area (Å²) in [7, 11) is 0. The van der Waals surface area contributed by atoms with Gasteiger partial charge in [-0.05, 0) is 18.8 Å². The molecule has 1 atom stereocenters. The third-order valence-electron chi connectivity index (χ3n) is 2.16. The van der Waals surface area contributed by atoms with Gasteiger partial charge in [-0.1, -0.05) is 64.3 Å². The Morgan fingerprint density at radius 2 is 1.85 bits per heavy atom. The Balaban J connectivity index is 3.46. The summed E-state index contributed by atoms with van der Waals surface area (Å²) in [5, 5.41) is 0. The summed E-state index contributed by atoms with van der Waals surface area (Å²) in [6.45, 7) is 6.75. The Kier molecular flexibility index (Phi) is 9.18. The lowest BCUT2D eigenvalue weighted by Crippen LogP contribution is -1.87. The van der Waals surface area contributed by atoms with Crippen LogP contribution in [0.15, 0.2) is 24.3 Å². The largest absolute Gasteiger partial charge is 0.0846 e. The quantitative estimate of drug-likeness (QED) is 0.497. The van der Waals surface area contributed by atoms with Crippen LogP contribution >= 0.6 is 0 Å². The van der Waals surface area contributed by atoms with E-state index in [1.54, 1.807) is 0 Å². The average molecular weight is 180 g/mol. The van der Waals surface area contributed by atoms with Gasteiger partial charge in [0, 0.05) is 0 Å². The molecule has 0 rings (SSSR count). The average Bonchev–Trinajstić information content (AvgIpc) is 2.14. The zero-order valence-electron chi connectivity index (χ0n) is 9.42. The molecular weight excluding hydrogens is 156 g/mol. The van der Waals surface area contributed by atoms with Gasteiger partial charge in [-0.25, -0.2) is 0 Å². The maximum absolute atomic E-state index is 2.31. The molecule has 0 aromatic rings. The summed E-state index contributed by atoms with van der Waals surface area (Å²) in [5.74, 6) is 0.742. The molecule has 0 saturated heterocycles. The lowest BCUT2D eigenvalue weighted by Gasteiger charge is -2.02. The van der Waals surface area contributed by atoms with Crippen molar-refractivity contribution in [3.8, 4) is 0 Å². The van der Waals surface area contributed by atoms with Gasteiger partial charge in [-0.2, -0.15) is 0 Å². The predicted octanol–water partition coefficient (Wildman–Crippen LogP) is 4.73. The number of rotatable bonds is 7. The van der Waals surface area contributed by atoms with Gasteiger partial charge >= 0.3 is 0 Å². The van der Waals surface area contributed by atoms with E-state index in [0.29, 0.717) is 0 Å². The van der Waals surface area contributed by atoms with Gasteiger partial charge in [0.1, 0.15) is 0 Å². The monoisotopic (exact) mass is 180 g/mol. The van der Waals surface area contributed by atoms with E-state index >= 15 is 0 Å². The van der Waals surface area contributed by atoms with Crippen molar-refractivity contribution in [3.63, 3.8) is 0 Å². The molecular formula is C13H24. The molecule has 0 heteroatoms. The van der Waals surface area contributed by atoms with Gasteiger partial charge < -0.3 is 0 Å². The third-order valence-corrected chi connectivity index (χ3v) is 2.16. The molecule has 0 amide bonds. The van der Waals surface area contributed by atoms with Crippen molar-refractivity contribution in [1.29, 1.82) is 0 Å². The lowest BCUT2D eigenvalue weighted by molar-refractivity contribution is 0.598. The first kappa shape index (κ1) is 12.5. The summed E-state index contributed by atoms with van der Waals surface area (Å²) in [6, 6.07) is 0. The minimum Gasteiger partial charge on any atom is -0.0846 e. The van der Waals surface area contributed by atoms with Gasteiger partial charge in [0.2, 0.25) is 0 Å². The molecule has 0 aliphatic rings. The molecule has 0 aliphatic carbocycles. The zero-order valence-corrected chi connectivity index (χ0v) is 9.42. The van der Waals surface area contributed by atoms with Gasteiger partial charge in [0.05, 0.1) is 0 Å². The summed E-state index contributed by atoms with van der Waals surface area (Å²) in [5.41, 5.74) is 0. The molecule has 0 aromatic heterocycles. The van der Waals surface area contributed by atoms with Crippen LogP contribution in [0, 0.1) is 5.92 Å². The maximum Gasteiger partial charge on any atom is -0.0259 e. The minimum atomic E-state index is 0.742. The van der Waals surface area contributed by atoms with Gasteiger partial charge in [0.15, 0.2) is 0 Å². The summed E-state index contributed by atoms with van der Waals surface area (Å²) >= 11 is 0. The van der Waals surface area contributed by atoms with E-state index < -0.39 is 0 Å². The van der Waals surface area contributed by atoms with Crippen molar-refractivity contribution in [2.45, 2.75) is 52.9 Å². The van der Waals surface area contributed by atoms with E-state index in [9.17, 15) is 0 Å². The summed E-state index contributed by atoms with van der Waals surface area (Å²) in [4.78, 5) is 0. The van der Waals surface area contributed by atoms with E-state index in [1.807, 2.05) is 0 Å². The van der Waals surface area contributed by atoms with Crippen LogP contribution in [0.5, 0.6) is 0 Å². The third kappa shape index (κ3) is 9.39. The van der Waals surface area contributed by atoms with Crippen molar-refractivity contribution in [1.82, 2.24) is 0 Å². The molecule has 0 fully saturated rings. The first-order valence-electron chi connectivity index (χ1n) is 5.64. The summed E-state index contributed by atoms with van der Waals surface area (Å²) in [6.07, 6.45) is 15.3. The Hall–Kier alpha value is -0.520. The molecule has 0 spiro atoms. The number of hydrogen-bond acceptors (Lipinski definition) is 0. The normalized spacial score (nSPS) is 14.4. The zero-order chi connectivity index (χ0) is 9.94. The Labute approximate surface area is 83.7 Å². The van der Waals surface area contributed by atoms with Crippen LogP contribution in [-0.2, 0) is 0 Å². The maximum atomic E-state index is 2.31. The second-order valence-electron chi connectivity index (χ2n) is 3.72. The van der Waals surface area contributed by atoms with Crippen molar-refractivity contribution in [2.75, 3.05) is 0 Å².